The van der Waals surface area contributed by atoms with Crippen molar-refractivity contribution in [2.75, 3.05) is 20.4 Å². The first-order valence-corrected chi connectivity index (χ1v) is 10.4. The molecule has 4 aromatic rings. The zero-order valence-electron chi connectivity index (χ0n) is 17.9. The number of fused-ring (bicyclic) bond motifs is 1. The number of aromatic nitrogens is 2. The van der Waals surface area contributed by atoms with Gasteiger partial charge < -0.3 is 15.2 Å². The SMILES string of the molecule is COc1cccc([C@@H](c2ccc3c(cnn3-c3ccc(F)cc3)c2)[C@@H](CO)NC(=O)CF)c1. The van der Waals surface area contributed by atoms with Crippen LogP contribution in [0.5, 0.6) is 5.75 Å². The fourth-order valence-corrected chi connectivity index (χ4v) is 4.00. The van der Waals surface area contributed by atoms with Crippen LogP contribution in [0.4, 0.5) is 8.78 Å². The highest BCUT2D eigenvalue weighted by molar-refractivity contribution is 5.81. The lowest BCUT2D eigenvalue weighted by atomic mass is 9.84. The highest BCUT2D eigenvalue weighted by Gasteiger charge is 2.27. The van der Waals surface area contributed by atoms with Crippen LogP contribution in [0.1, 0.15) is 17.0 Å². The van der Waals surface area contributed by atoms with Crippen LogP contribution in [0.2, 0.25) is 0 Å². The number of ether oxygens (including phenoxy) is 1. The molecule has 170 valence electrons. The molecular weight excluding hydrogens is 428 g/mol. The van der Waals surface area contributed by atoms with E-state index in [4.69, 9.17) is 4.74 Å². The van der Waals surface area contributed by atoms with E-state index in [9.17, 15) is 18.7 Å². The highest BCUT2D eigenvalue weighted by atomic mass is 19.1. The number of hydrogen-bond acceptors (Lipinski definition) is 4. The van der Waals surface area contributed by atoms with Crippen LogP contribution in [-0.2, 0) is 4.79 Å². The molecule has 1 aromatic heterocycles. The lowest BCUT2D eigenvalue weighted by Gasteiger charge is -2.27. The van der Waals surface area contributed by atoms with Crippen LogP contribution in [0.15, 0.2) is 72.9 Å². The average Bonchev–Trinajstić information content (AvgIpc) is 3.27. The van der Waals surface area contributed by atoms with Gasteiger partial charge in [0, 0.05) is 11.3 Å². The summed E-state index contributed by atoms with van der Waals surface area (Å²) in [7, 11) is 1.55. The van der Waals surface area contributed by atoms with E-state index in [1.54, 1.807) is 36.2 Å². The summed E-state index contributed by atoms with van der Waals surface area (Å²) in [6.07, 6.45) is 1.69. The number of carbonyl (C=O) groups excluding carboxylic acids is 1. The Morgan fingerprint density at radius 2 is 1.88 bits per heavy atom. The molecule has 6 nitrogen and oxygen atoms in total. The number of benzene rings is 3. The first-order valence-electron chi connectivity index (χ1n) is 10.4. The van der Waals surface area contributed by atoms with E-state index in [2.05, 4.69) is 10.4 Å². The summed E-state index contributed by atoms with van der Waals surface area (Å²) in [5.74, 6) is -0.980. The number of rotatable bonds is 8. The van der Waals surface area contributed by atoms with Crippen LogP contribution in [0.25, 0.3) is 16.6 Å². The largest absolute Gasteiger partial charge is 0.497 e. The van der Waals surface area contributed by atoms with E-state index in [1.165, 1.54) is 12.1 Å². The summed E-state index contributed by atoms with van der Waals surface area (Å²) in [4.78, 5) is 11.8. The number of alkyl halides is 1. The summed E-state index contributed by atoms with van der Waals surface area (Å²) >= 11 is 0. The molecule has 0 spiro atoms. The van der Waals surface area contributed by atoms with Crippen molar-refractivity contribution in [1.29, 1.82) is 0 Å². The van der Waals surface area contributed by atoms with Crippen molar-refractivity contribution in [3.63, 3.8) is 0 Å². The van der Waals surface area contributed by atoms with Gasteiger partial charge in [-0.2, -0.15) is 5.10 Å². The standard InChI is InChI=1S/C25H23F2N3O3/c1-33-21-4-2-3-16(12-21)25(22(15-31)29-24(32)13-26)17-5-10-23-18(11-17)14-28-30(23)20-8-6-19(27)7-9-20/h2-12,14,22,25,31H,13,15H2,1H3,(H,29,32)/t22-,25+/m1/s1. The Morgan fingerprint density at radius 3 is 2.58 bits per heavy atom. The maximum atomic E-state index is 13.3. The van der Waals surface area contributed by atoms with Gasteiger partial charge in [-0.25, -0.2) is 13.5 Å². The van der Waals surface area contributed by atoms with Crippen molar-refractivity contribution in [1.82, 2.24) is 15.1 Å². The normalized spacial score (nSPS) is 13.0. The first-order chi connectivity index (χ1) is 16.0. The van der Waals surface area contributed by atoms with Crippen molar-refractivity contribution >= 4 is 16.8 Å². The van der Waals surface area contributed by atoms with Crippen molar-refractivity contribution in [3.05, 3.63) is 89.9 Å². The lowest BCUT2D eigenvalue weighted by molar-refractivity contribution is -0.123. The van der Waals surface area contributed by atoms with Gasteiger partial charge in [0.2, 0.25) is 0 Å². The average molecular weight is 451 g/mol. The second-order valence-electron chi connectivity index (χ2n) is 7.60. The highest BCUT2D eigenvalue weighted by Crippen LogP contribution is 2.33. The summed E-state index contributed by atoms with van der Waals surface area (Å²) < 4.78 is 33.3. The molecule has 1 amide bonds. The van der Waals surface area contributed by atoms with Crippen LogP contribution in [0, 0.1) is 5.82 Å². The number of nitrogens with one attached hydrogen (secondary N) is 1. The minimum absolute atomic E-state index is 0.330. The number of amides is 1. The van der Waals surface area contributed by atoms with E-state index in [-0.39, 0.29) is 12.4 Å². The quantitative estimate of drug-likeness (QED) is 0.428. The Bertz CT molecular complexity index is 1260. The third-order valence-electron chi connectivity index (χ3n) is 5.54. The van der Waals surface area contributed by atoms with E-state index in [1.807, 2.05) is 36.4 Å². The molecule has 0 bridgehead atoms. The first kappa shape index (κ1) is 22.4. The molecule has 3 aromatic carbocycles. The second-order valence-corrected chi connectivity index (χ2v) is 7.60. The molecule has 0 fully saturated rings. The van der Waals surface area contributed by atoms with Crippen molar-refractivity contribution < 1.29 is 23.4 Å². The Balaban J connectivity index is 1.79. The van der Waals surface area contributed by atoms with Gasteiger partial charge in [-0.3, -0.25) is 4.79 Å². The van der Waals surface area contributed by atoms with Gasteiger partial charge in [0.25, 0.3) is 5.91 Å². The number of aliphatic hydroxyl groups excluding tert-OH is 1. The molecule has 0 saturated heterocycles. The molecule has 8 heteroatoms. The van der Waals surface area contributed by atoms with Crippen LogP contribution >= 0.6 is 0 Å². The van der Waals surface area contributed by atoms with E-state index in [0.717, 1.165) is 22.0 Å². The Hall–Kier alpha value is -3.78. The minimum atomic E-state index is -1.18. The molecule has 1 heterocycles. The number of methoxy groups -OCH3 is 1. The van der Waals surface area contributed by atoms with Crippen LogP contribution < -0.4 is 10.1 Å². The third-order valence-corrected chi connectivity index (χ3v) is 5.54. The summed E-state index contributed by atoms with van der Waals surface area (Å²) in [5.41, 5.74) is 3.11. The predicted molar refractivity (Wildman–Crippen MR) is 121 cm³/mol. The Kier molecular flexibility index (Phi) is 6.65. The number of aliphatic hydroxyl groups is 1. The zero-order chi connectivity index (χ0) is 23.4. The number of carbonyl (C=O) groups is 1. The minimum Gasteiger partial charge on any atom is -0.497 e. The zero-order valence-corrected chi connectivity index (χ0v) is 17.9. The van der Waals surface area contributed by atoms with Crippen molar-refractivity contribution in [2.24, 2.45) is 0 Å². The molecule has 33 heavy (non-hydrogen) atoms. The maximum absolute atomic E-state index is 13.3. The molecule has 4 rings (SSSR count). The van der Waals surface area contributed by atoms with Gasteiger partial charge in [-0.1, -0.05) is 18.2 Å². The molecule has 2 atom stereocenters. The molecule has 0 aliphatic heterocycles. The van der Waals surface area contributed by atoms with Crippen LogP contribution in [0.3, 0.4) is 0 Å². The van der Waals surface area contributed by atoms with Crippen molar-refractivity contribution in [2.45, 2.75) is 12.0 Å². The Morgan fingerprint density at radius 1 is 1.12 bits per heavy atom. The van der Waals surface area contributed by atoms with Gasteiger partial charge in [0.1, 0.15) is 11.6 Å². The van der Waals surface area contributed by atoms with Crippen LogP contribution in [-0.4, -0.2) is 47.2 Å². The summed E-state index contributed by atoms with van der Waals surface area (Å²) in [6, 6.07) is 18.2. The van der Waals surface area contributed by atoms with E-state index < -0.39 is 24.5 Å². The predicted octanol–water partition coefficient (Wildman–Crippen LogP) is 3.75. The molecule has 0 aliphatic carbocycles. The molecule has 2 N–H and O–H groups in total. The maximum Gasteiger partial charge on any atom is 0.251 e. The monoisotopic (exact) mass is 451 g/mol. The number of halogens is 2. The lowest BCUT2D eigenvalue weighted by Crippen LogP contribution is -2.43. The summed E-state index contributed by atoms with van der Waals surface area (Å²) in [6.45, 7) is -1.56. The second kappa shape index (κ2) is 9.79. The topological polar surface area (TPSA) is 76.4 Å². The van der Waals surface area contributed by atoms with E-state index >= 15 is 0 Å². The molecule has 0 aliphatic rings. The molecule has 0 saturated carbocycles. The molecule has 0 unspecified atom stereocenters. The summed E-state index contributed by atoms with van der Waals surface area (Å²) in [5, 5.41) is 17.9. The smallest absolute Gasteiger partial charge is 0.251 e. The number of nitrogens with zero attached hydrogens (tertiary/aromatic N) is 2. The van der Waals surface area contributed by atoms with Gasteiger partial charge >= 0.3 is 0 Å². The third kappa shape index (κ3) is 4.70. The van der Waals surface area contributed by atoms with Gasteiger partial charge in [-0.15, -0.1) is 0 Å². The van der Waals surface area contributed by atoms with Gasteiger partial charge in [-0.05, 0) is 59.7 Å². The van der Waals surface area contributed by atoms with Gasteiger partial charge in [0.15, 0.2) is 6.67 Å². The number of hydrogen-bond donors (Lipinski definition) is 2. The molecular formula is C25H23F2N3O3. The van der Waals surface area contributed by atoms with Crippen molar-refractivity contribution in [3.8, 4) is 11.4 Å². The fourth-order valence-electron chi connectivity index (χ4n) is 4.00. The van der Waals surface area contributed by atoms with E-state index in [0.29, 0.717) is 11.4 Å². The molecule has 0 radical (unpaired) electrons. The Labute approximate surface area is 189 Å². The van der Waals surface area contributed by atoms with Gasteiger partial charge in [0.05, 0.1) is 37.2 Å². The fraction of sp³-hybridized carbons (Fsp3) is 0.200.